The van der Waals surface area contributed by atoms with Crippen LogP contribution < -0.4 is 0 Å². The van der Waals surface area contributed by atoms with E-state index in [-0.39, 0.29) is 11.9 Å². The lowest BCUT2D eigenvalue weighted by Gasteiger charge is -2.05. The van der Waals surface area contributed by atoms with Crippen LogP contribution in [0.4, 0.5) is 0 Å². The quantitative estimate of drug-likeness (QED) is 0.597. The van der Waals surface area contributed by atoms with Gasteiger partial charge in [0.15, 0.2) is 0 Å². The first-order chi connectivity index (χ1) is 5.25. The van der Waals surface area contributed by atoms with Crippen molar-refractivity contribution < 1.29 is 5.11 Å². The van der Waals surface area contributed by atoms with E-state index in [1.165, 1.54) is 0 Å². The molecule has 0 saturated carbocycles. The normalized spacial score (nSPS) is 13.4. The van der Waals surface area contributed by atoms with E-state index in [2.05, 4.69) is 22.6 Å². The van der Waals surface area contributed by atoms with Gasteiger partial charge >= 0.3 is 0 Å². The molecule has 1 unspecified atom stereocenters. The molecular formula is C7H12N2OS. The third-order valence-corrected chi connectivity index (χ3v) is 2.09. The summed E-state index contributed by atoms with van der Waals surface area (Å²) in [5, 5.41) is 8.69. The van der Waals surface area contributed by atoms with Crippen molar-refractivity contribution in [2.24, 2.45) is 0 Å². The molecule has 0 spiro atoms. The van der Waals surface area contributed by atoms with Crippen molar-refractivity contribution in [2.45, 2.75) is 18.6 Å². The number of aryl methyl sites for hydroxylation is 1. The molecule has 1 atom stereocenters. The number of hydrogen-bond acceptors (Lipinski definition) is 3. The molecule has 0 aliphatic carbocycles. The number of aliphatic hydroxyl groups excluding tert-OH is 1. The summed E-state index contributed by atoms with van der Waals surface area (Å²) in [5.41, 5.74) is 1.96. The molecule has 0 amide bonds. The van der Waals surface area contributed by atoms with Crippen LogP contribution in [0.15, 0.2) is 6.33 Å². The zero-order valence-corrected chi connectivity index (χ0v) is 7.30. The van der Waals surface area contributed by atoms with Gasteiger partial charge in [0, 0.05) is 17.6 Å². The fourth-order valence-corrected chi connectivity index (χ4v) is 1.34. The number of rotatable bonds is 3. The van der Waals surface area contributed by atoms with Gasteiger partial charge < -0.3 is 10.1 Å². The monoisotopic (exact) mass is 172 g/mol. The molecule has 0 saturated heterocycles. The Morgan fingerprint density at radius 2 is 2.55 bits per heavy atom. The Bertz CT molecular complexity index is 224. The van der Waals surface area contributed by atoms with Gasteiger partial charge in [-0.1, -0.05) is 0 Å². The number of imidazole rings is 1. The Kier molecular flexibility index (Phi) is 2.96. The number of thiol groups is 1. The molecule has 0 aliphatic heterocycles. The minimum absolute atomic E-state index is 0.0475. The maximum Gasteiger partial charge on any atom is 0.0925 e. The maximum atomic E-state index is 8.64. The summed E-state index contributed by atoms with van der Waals surface area (Å²) in [6.45, 7) is 2.10. The predicted molar refractivity (Wildman–Crippen MR) is 46.8 cm³/mol. The van der Waals surface area contributed by atoms with Gasteiger partial charge in [0.05, 0.1) is 12.0 Å². The number of aliphatic hydroxyl groups is 1. The van der Waals surface area contributed by atoms with Crippen LogP contribution in [-0.4, -0.2) is 21.7 Å². The van der Waals surface area contributed by atoms with E-state index in [1.54, 1.807) is 6.33 Å². The highest BCUT2D eigenvalue weighted by Crippen LogP contribution is 2.22. The zero-order valence-electron chi connectivity index (χ0n) is 6.41. The Hall–Kier alpha value is -0.480. The molecule has 0 fully saturated rings. The molecule has 1 heterocycles. The highest BCUT2D eigenvalue weighted by molar-refractivity contribution is 7.80. The third-order valence-electron chi connectivity index (χ3n) is 1.59. The Morgan fingerprint density at radius 1 is 1.82 bits per heavy atom. The molecule has 11 heavy (non-hydrogen) atoms. The molecule has 2 N–H and O–H groups in total. The van der Waals surface area contributed by atoms with Crippen LogP contribution in [0.25, 0.3) is 0 Å². The van der Waals surface area contributed by atoms with Gasteiger partial charge in [0.2, 0.25) is 0 Å². The minimum atomic E-state index is 0.0475. The van der Waals surface area contributed by atoms with Crippen LogP contribution in [0.5, 0.6) is 0 Å². The van der Waals surface area contributed by atoms with Crippen LogP contribution in [0, 0.1) is 6.92 Å². The summed E-state index contributed by atoms with van der Waals surface area (Å²) < 4.78 is 0. The average Bonchev–Trinajstić information content (AvgIpc) is 2.36. The van der Waals surface area contributed by atoms with Gasteiger partial charge in [0.25, 0.3) is 0 Å². The molecule has 1 rings (SSSR count). The largest absolute Gasteiger partial charge is 0.396 e. The fourth-order valence-electron chi connectivity index (χ4n) is 0.964. The molecule has 0 aliphatic rings. The van der Waals surface area contributed by atoms with Crippen LogP contribution in [0.3, 0.4) is 0 Å². The second-order valence-electron chi connectivity index (χ2n) is 2.44. The summed E-state index contributed by atoms with van der Waals surface area (Å²) in [6, 6.07) is 0. The van der Waals surface area contributed by atoms with E-state index in [9.17, 15) is 0 Å². The van der Waals surface area contributed by atoms with E-state index in [0.29, 0.717) is 6.42 Å². The lowest BCUT2D eigenvalue weighted by Crippen LogP contribution is -1.96. The molecule has 1 aromatic heterocycles. The van der Waals surface area contributed by atoms with E-state index in [4.69, 9.17) is 5.11 Å². The van der Waals surface area contributed by atoms with E-state index in [0.717, 1.165) is 11.4 Å². The summed E-state index contributed by atoms with van der Waals surface area (Å²) in [4.78, 5) is 7.06. The molecule has 4 heteroatoms. The van der Waals surface area contributed by atoms with Crippen molar-refractivity contribution in [3.8, 4) is 0 Å². The standard InChI is InChI=1S/C7H12N2OS/c1-5-7(9-4-8-5)6(11)2-3-10/h4,6,10-11H,2-3H2,1H3,(H,8,9). The van der Waals surface area contributed by atoms with Gasteiger partial charge in [-0.3, -0.25) is 0 Å². The highest BCUT2D eigenvalue weighted by atomic mass is 32.1. The highest BCUT2D eigenvalue weighted by Gasteiger charge is 2.10. The molecule has 0 bridgehead atoms. The van der Waals surface area contributed by atoms with E-state index < -0.39 is 0 Å². The first-order valence-electron chi connectivity index (χ1n) is 3.54. The number of H-pyrrole nitrogens is 1. The second kappa shape index (κ2) is 3.78. The first kappa shape index (κ1) is 8.62. The second-order valence-corrected chi connectivity index (χ2v) is 3.06. The van der Waals surface area contributed by atoms with E-state index >= 15 is 0 Å². The van der Waals surface area contributed by atoms with Gasteiger partial charge in [0.1, 0.15) is 0 Å². The molecule has 1 aromatic rings. The average molecular weight is 172 g/mol. The number of aromatic nitrogens is 2. The third kappa shape index (κ3) is 1.97. The fraction of sp³-hybridized carbons (Fsp3) is 0.571. The molecule has 3 nitrogen and oxygen atoms in total. The van der Waals surface area contributed by atoms with Gasteiger partial charge in [-0.15, -0.1) is 0 Å². The number of hydrogen-bond donors (Lipinski definition) is 3. The van der Waals surface area contributed by atoms with Crippen LogP contribution >= 0.6 is 12.6 Å². The Morgan fingerprint density at radius 3 is 3.00 bits per heavy atom. The van der Waals surface area contributed by atoms with Crippen molar-refractivity contribution in [3.05, 3.63) is 17.7 Å². The van der Waals surface area contributed by atoms with Gasteiger partial charge in [-0.25, -0.2) is 4.98 Å². The summed E-state index contributed by atoms with van der Waals surface area (Å²) in [6.07, 6.45) is 2.29. The van der Waals surface area contributed by atoms with Crippen LogP contribution in [0.2, 0.25) is 0 Å². The summed E-state index contributed by atoms with van der Waals surface area (Å²) in [7, 11) is 0. The number of nitrogens with one attached hydrogen (secondary N) is 1. The molecule has 62 valence electrons. The Labute approximate surface area is 71.3 Å². The molecule has 0 radical (unpaired) electrons. The van der Waals surface area contributed by atoms with Crippen molar-refractivity contribution in [1.82, 2.24) is 9.97 Å². The van der Waals surface area contributed by atoms with Crippen molar-refractivity contribution >= 4 is 12.6 Å². The van der Waals surface area contributed by atoms with Crippen molar-refractivity contribution in [3.63, 3.8) is 0 Å². The van der Waals surface area contributed by atoms with Gasteiger partial charge in [-0.05, 0) is 13.3 Å². The summed E-state index contributed by atoms with van der Waals surface area (Å²) in [5.74, 6) is 0. The lowest BCUT2D eigenvalue weighted by molar-refractivity contribution is 0.287. The lowest BCUT2D eigenvalue weighted by atomic mass is 10.2. The number of aromatic amines is 1. The van der Waals surface area contributed by atoms with Crippen molar-refractivity contribution in [1.29, 1.82) is 0 Å². The van der Waals surface area contributed by atoms with Crippen LogP contribution in [-0.2, 0) is 0 Å². The molecule has 0 aromatic carbocycles. The first-order valence-corrected chi connectivity index (χ1v) is 4.06. The smallest absolute Gasteiger partial charge is 0.0925 e. The van der Waals surface area contributed by atoms with Crippen LogP contribution in [0.1, 0.15) is 23.1 Å². The van der Waals surface area contributed by atoms with Gasteiger partial charge in [-0.2, -0.15) is 12.6 Å². The Balaban J connectivity index is 2.67. The predicted octanol–water partition coefficient (Wildman–Crippen LogP) is 1.07. The SMILES string of the molecule is Cc1[nH]cnc1C(S)CCO. The zero-order chi connectivity index (χ0) is 8.27. The molecular weight excluding hydrogens is 160 g/mol. The maximum absolute atomic E-state index is 8.64. The summed E-state index contributed by atoms with van der Waals surface area (Å²) >= 11 is 4.29. The van der Waals surface area contributed by atoms with E-state index in [1.807, 2.05) is 6.92 Å². The topological polar surface area (TPSA) is 48.9 Å². The minimum Gasteiger partial charge on any atom is -0.396 e. The van der Waals surface area contributed by atoms with Crippen molar-refractivity contribution in [2.75, 3.05) is 6.61 Å². The number of nitrogens with zero attached hydrogens (tertiary/aromatic N) is 1.